The number of rotatable bonds is 1. The molecule has 0 aliphatic rings. The molecule has 0 saturated carbocycles. The lowest BCUT2D eigenvalue weighted by atomic mass is 10.3. The Morgan fingerprint density at radius 2 is 2.21 bits per heavy atom. The van der Waals surface area contributed by atoms with Gasteiger partial charge in [0.05, 0.1) is 18.1 Å². The minimum atomic E-state index is 0.906. The molecule has 3 aromatic heterocycles. The standard InChI is InChI=1S/C8H7N5S/c1-12-3-6(2-9-12)7-4-13-8(11-7)14-5-10-13/h2-5H,1H3. The zero-order valence-electron chi connectivity index (χ0n) is 7.45. The largest absolute Gasteiger partial charge is 0.275 e. The molecule has 3 aromatic rings. The highest BCUT2D eigenvalue weighted by atomic mass is 32.1. The van der Waals surface area contributed by atoms with Crippen LogP contribution in [0.3, 0.4) is 0 Å². The second-order valence-corrected chi connectivity index (χ2v) is 3.81. The summed E-state index contributed by atoms with van der Waals surface area (Å²) < 4.78 is 3.53. The smallest absolute Gasteiger partial charge is 0.212 e. The van der Waals surface area contributed by atoms with Gasteiger partial charge in [-0.3, -0.25) is 4.68 Å². The molecule has 0 spiro atoms. The van der Waals surface area contributed by atoms with E-state index in [-0.39, 0.29) is 0 Å². The minimum Gasteiger partial charge on any atom is -0.275 e. The van der Waals surface area contributed by atoms with Crippen molar-refractivity contribution < 1.29 is 0 Å². The van der Waals surface area contributed by atoms with Gasteiger partial charge in [-0.25, -0.2) is 9.50 Å². The first-order chi connectivity index (χ1) is 6.83. The number of nitrogens with zero attached hydrogens (tertiary/aromatic N) is 5. The van der Waals surface area contributed by atoms with E-state index in [0.29, 0.717) is 0 Å². The van der Waals surface area contributed by atoms with E-state index in [1.165, 1.54) is 11.3 Å². The summed E-state index contributed by atoms with van der Waals surface area (Å²) in [5, 5.41) is 8.22. The van der Waals surface area contributed by atoms with Gasteiger partial charge in [-0.05, 0) is 0 Å². The highest BCUT2D eigenvalue weighted by Crippen LogP contribution is 2.19. The Morgan fingerprint density at radius 1 is 1.29 bits per heavy atom. The maximum absolute atomic E-state index is 4.42. The summed E-state index contributed by atoms with van der Waals surface area (Å²) in [7, 11) is 1.89. The third kappa shape index (κ3) is 1.04. The first kappa shape index (κ1) is 7.69. The zero-order chi connectivity index (χ0) is 9.54. The lowest BCUT2D eigenvalue weighted by molar-refractivity contribution is 0.768. The lowest BCUT2D eigenvalue weighted by Gasteiger charge is -1.85. The second kappa shape index (κ2) is 2.65. The molecule has 0 bridgehead atoms. The van der Waals surface area contributed by atoms with Crippen LogP contribution in [0.25, 0.3) is 16.2 Å². The van der Waals surface area contributed by atoms with Crippen LogP contribution in [0.2, 0.25) is 0 Å². The van der Waals surface area contributed by atoms with Gasteiger partial charge in [0.2, 0.25) is 4.96 Å². The minimum absolute atomic E-state index is 0.906. The molecule has 0 saturated heterocycles. The number of aromatic nitrogens is 5. The van der Waals surface area contributed by atoms with E-state index in [2.05, 4.69) is 15.2 Å². The topological polar surface area (TPSA) is 48.0 Å². The molecule has 14 heavy (non-hydrogen) atoms. The van der Waals surface area contributed by atoms with Crippen molar-refractivity contribution in [3.05, 3.63) is 24.1 Å². The Labute approximate surface area is 83.6 Å². The summed E-state index contributed by atoms with van der Waals surface area (Å²) in [6.45, 7) is 0. The van der Waals surface area contributed by atoms with Gasteiger partial charge in [0.15, 0.2) is 0 Å². The molecule has 5 nitrogen and oxygen atoms in total. The van der Waals surface area contributed by atoms with Crippen LogP contribution in [0.15, 0.2) is 24.1 Å². The van der Waals surface area contributed by atoms with Crippen LogP contribution in [0.5, 0.6) is 0 Å². The Kier molecular flexibility index (Phi) is 1.45. The summed E-state index contributed by atoms with van der Waals surface area (Å²) in [6.07, 6.45) is 5.64. The Balaban J connectivity index is 2.18. The van der Waals surface area contributed by atoms with E-state index >= 15 is 0 Å². The van der Waals surface area contributed by atoms with E-state index < -0.39 is 0 Å². The van der Waals surface area contributed by atoms with Crippen LogP contribution in [-0.4, -0.2) is 24.4 Å². The number of aryl methyl sites for hydroxylation is 1. The van der Waals surface area contributed by atoms with Crippen molar-refractivity contribution in [2.75, 3.05) is 0 Å². The van der Waals surface area contributed by atoms with Gasteiger partial charge in [0.1, 0.15) is 5.51 Å². The second-order valence-electron chi connectivity index (χ2n) is 2.99. The molecule has 0 aromatic carbocycles. The van der Waals surface area contributed by atoms with Crippen molar-refractivity contribution in [1.82, 2.24) is 24.4 Å². The monoisotopic (exact) mass is 205 g/mol. The summed E-state index contributed by atoms with van der Waals surface area (Å²) >= 11 is 1.52. The van der Waals surface area contributed by atoms with Gasteiger partial charge in [-0.1, -0.05) is 11.3 Å². The third-order valence-corrected chi connectivity index (χ3v) is 2.68. The molecule has 6 heteroatoms. The van der Waals surface area contributed by atoms with Gasteiger partial charge < -0.3 is 0 Å². The third-order valence-electron chi connectivity index (χ3n) is 1.99. The molecule has 0 unspecified atom stereocenters. The van der Waals surface area contributed by atoms with E-state index in [1.807, 2.05) is 19.4 Å². The predicted octanol–water partition coefficient (Wildman–Crippen LogP) is 1.19. The molecule has 0 fully saturated rings. The summed E-state index contributed by atoms with van der Waals surface area (Å²) in [5.41, 5.74) is 3.71. The summed E-state index contributed by atoms with van der Waals surface area (Å²) in [5.74, 6) is 0. The van der Waals surface area contributed by atoms with E-state index in [9.17, 15) is 0 Å². The molecular formula is C8H7N5S. The fourth-order valence-corrected chi connectivity index (χ4v) is 1.93. The molecule has 0 aliphatic carbocycles. The first-order valence-corrected chi connectivity index (χ1v) is 4.99. The number of fused-ring (bicyclic) bond motifs is 1. The van der Waals surface area contributed by atoms with Crippen molar-refractivity contribution >= 4 is 16.3 Å². The Bertz CT molecular complexity index is 547. The fraction of sp³-hybridized carbons (Fsp3) is 0.125. The average Bonchev–Trinajstić information content (AvgIpc) is 2.75. The SMILES string of the molecule is Cn1cc(-c2cn3ncsc3n2)cn1. The van der Waals surface area contributed by atoms with Crippen molar-refractivity contribution in [2.45, 2.75) is 0 Å². The molecule has 0 N–H and O–H groups in total. The molecule has 70 valence electrons. The van der Waals surface area contributed by atoms with Crippen LogP contribution in [0.4, 0.5) is 0 Å². The molecule has 0 atom stereocenters. The van der Waals surface area contributed by atoms with Gasteiger partial charge in [0, 0.05) is 18.8 Å². The van der Waals surface area contributed by atoms with Crippen molar-refractivity contribution in [3.63, 3.8) is 0 Å². The first-order valence-electron chi connectivity index (χ1n) is 4.11. The van der Waals surface area contributed by atoms with Gasteiger partial charge in [0.25, 0.3) is 0 Å². The molecule has 0 aliphatic heterocycles. The molecular weight excluding hydrogens is 198 g/mol. The van der Waals surface area contributed by atoms with Crippen LogP contribution in [0, 0.1) is 0 Å². The van der Waals surface area contributed by atoms with Crippen LogP contribution >= 0.6 is 11.3 Å². The summed E-state index contributed by atoms with van der Waals surface area (Å²) in [6, 6.07) is 0. The highest BCUT2D eigenvalue weighted by Gasteiger charge is 2.06. The fourth-order valence-electron chi connectivity index (χ4n) is 1.33. The van der Waals surface area contributed by atoms with E-state index in [0.717, 1.165) is 16.2 Å². The molecule has 0 amide bonds. The highest BCUT2D eigenvalue weighted by molar-refractivity contribution is 7.14. The van der Waals surface area contributed by atoms with Crippen molar-refractivity contribution in [2.24, 2.45) is 7.05 Å². The predicted molar refractivity (Wildman–Crippen MR) is 53.1 cm³/mol. The Morgan fingerprint density at radius 3 is 2.93 bits per heavy atom. The molecule has 0 radical (unpaired) electrons. The number of imidazole rings is 1. The van der Waals surface area contributed by atoms with Crippen LogP contribution in [0.1, 0.15) is 0 Å². The van der Waals surface area contributed by atoms with E-state index in [4.69, 9.17) is 0 Å². The maximum Gasteiger partial charge on any atom is 0.212 e. The van der Waals surface area contributed by atoms with Gasteiger partial charge in [-0.2, -0.15) is 10.2 Å². The molecule has 3 heterocycles. The molecule has 3 rings (SSSR count). The van der Waals surface area contributed by atoms with Gasteiger partial charge >= 0.3 is 0 Å². The van der Waals surface area contributed by atoms with Crippen molar-refractivity contribution in [3.8, 4) is 11.3 Å². The summed E-state index contributed by atoms with van der Waals surface area (Å²) in [4.78, 5) is 5.33. The van der Waals surface area contributed by atoms with Crippen LogP contribution in [-0.2, 0) is 7.05 Å². The van der Waals surface area contributed by atoms with Gasteiger partial charge in [-0.15, -0.1) is 0 Å². The van der Waals surface area contributed by atoms with Crippen LogP contribution < -0.4 is 0 Å². The zero-order valence-corrected chi connectivity index (χ0v) is 8.27. The van der Waals surface area contributed by atoms with Crippen molar-refractivity contribution in [1.29, 1.82) is 0 Å². The Hall–Kier alpha value is -1.69. The average molecular weight is 205 g/mol. The number of hydrogen-bond acceptors (Lipinski definition) is 4. The lowest BCUT2D eigenvalue weighted by Crippen LogP contribution is -1.84. The van der Waals surface area contributed by atoms with E-state index in [1.54, 1.807) is 20.9 Å². The number of hydrogen-bond donors (Lipinski definition) is 0. The maximum atomic E-state index is 4.42. The quantitative estimate of drug-likeness (QED) is 0.599. The normalized spacial score (nSPS) is 11.2.